The van der Waals surface area contributed by atoms with Gasteiger partial charge in [-0.1, -0.05) is 45.0 Å². The van der Waals surface area contributed by atoms with E-state index in [2.05, 4.69) is 13.8 Å². The maximum Gasteiger partial charge on any atom is 0.314 e. The van der Waals surface area contributed by atoms with Crippen LogP contribution in [0, 0.1) is 5.92 Å². The first-order valence-electron chi connectivity index (χ1n) is 8.69. The van der Waals surface area contributed by atoms with Crippen LogP contribution in [0.4, 0.5) is 5.69 Å². The molecule has 2 atom stereocenters. The third kappa shape index (κ3) is 4.85. The monoisotopic (exact) mass is 325 g/mol. The Morgan fingerprint density at radius 3 is 2.17 bits per heavy atom. The molecule has 128 valence electrons. The highest BCUT2D eigenvalue weighted by Crippen LogP contribution is 2.23. The van der Waals surface area contributed by atoms with Gasteiger partial charge in [-0.05, 0) is 60.6 Å². The standard InChI is InChI=1S/C21H27NO2/c1-4-15(3)18-8-12-20(13-9-18)24-21(23)17(5-2)14-16-6-10-19(22)11-7-16/h6-13,15,17H,4-5,14,22H2,1-3H3. The minimum absolute atomic E-state index is 0.150. The summed E-state index contributed by atoms with van der Waals surface area (Å²) in [5.41, 5.74) is 8.80. The summed E-state index contributed by atoms with van der Waals surface area (Å²) in [6, 6.07) is 15.5. The largest absolute Gasteiger partial charge is 0.426 e. The number of esters is 1. The molecule has 0 amide bonds. The van der Waals surface area contributed by atoms with E-state index in [0.29, 0.717) is 18.1 Å². The Hall–Kier alpha value is -2.29. The lowest BCUT2D eigenvalue weighted by molar-refractivity contribution is -0.139. The molecule has 0 saturated heterocycles. The molecule has 2 N–H and O–H groups in total. The number of nitrogen functional groups attached to an aromatic ring is 1. The normalized spacial score (nSPS) is 13.3. The van der Waals surface area contributed by atoms with Crippen LogP contribution in [-0.4, -0.2) is 5.97 Å². The van der Waals surface area contributed by atoms with Crippen LogP contribution < -0.4 is 10.5 Å². The number of carbonyl (C=O) groups excluding carboxylic acids is 1. The quantitative estimate of drug-likeness (QED) is 0.445. The molecule has 2 aromatic rings. The number of nitrogens with two attached hydrogens (primary N) is 1. The third-order valence-corrected chi connectivity index (χ3v) is 4.57. The summed E-state index contributed by atoms with van der Waals surface area (Å²) in [6.07, 6.45) is 2.51. The van der Waals surface area contributed by atoms with Gasteiger partial charge >= 0.3 is 5.97 Å². The number of hydrogen-bond acceptors (Lipinski definition) is 3. The van der Waals surface area contributed by atoms with E-state index in [0.717, 1.165) is 24.1 Å². The minimum Gasteiger partial charge on any atom is -0.426 e. The highest BCUT2D eigenvalue weighted by Gasteiger charge is 2.19. The molecule has 2 aromatic carbocycles. The maximum atomic E-state index is 12.4. The van der Waals surface area contributed by atoms with Crippen molar-refractivity contribution in [3.8, 4) is 5.75 Å². The number of anilines is 1. The van der Waals surface area contributed by atoms with Crippen molar-refractivity contribution in [2.24, 2.45) is 5.92 Å². The van der Waals surface area contributed by atoms with Gasteiger partial charge in [-0.3, -0.25) is 4.79 Å². The van der Waals surface area contributed by atoms with Crippen molar-refractivity contribution in [3.63, 3.8) is 0 Å². The molecule has 0 aliphatic rings. The highest BCUT2D eigenvalue weighted by atomic mass is 16.5. The van der Waals surface area contributed by atoms with Gasteiger partial charge in [0.05, 0.1) is 5.92 Å². The van der Waals surface area contributed by atoms with Gasteiger partial charge in [0.15, 0.2) is 0 Å². The van der Waals surface area contributed by atoms with Crippen LogP contribution in [0.3, 0.4) is 0 Å². The summed E-state index contributed by atoms with van der Waals surface area (Å²) in [4.78, 5) is 12.4. The maximum absolute atomic E-state index is 12.4. The second-order valence-electron chi connectivity index (χ2n) is 6.35. The summed E-state index contributed by atoms with van der Waals surface area (Å²) >= 11 is 0. The molecule has 0 bridgehead atoms. The molecule has 2 unspecified atom stereocenters. The lowest BCUT2D eigenvalue weighted by atomic mass is 9.97. The Balaban J connectivity index is 1.99. The highest BCUT2D eigenvalue weighted by molar-refractivity contribution is 5.75. The topological polar surface area (TPSA) is 52.3 Å². The second kappa shape index (κ2) is 8.53. The molecule has 0 aromatic heterocycles. The molecule has 0 saturated carbocycles. The Kier molecular flexibility index (Phi) is 6.42. The van der Waals surface area contributed by atoms with Gasteiger partial charge in [0.25, 0.3) is 0 Å². The Labute approximate surface area is 144 Å². The van der Waals surface area contributed by atoms with Crippen molar-refractivity contribution >= 4 is 11.7 Å². The van der Waals surface area contributed by atoms with E-state index in [9.17, 15) is 4.79 Å². The predicted molar refractivity (Wildman–Crippen MR) is 99.1 cm³/mol. The molecule has 0 radical (unpaired) electrons. The molecule has 24 heavy (non-hydrogen) atoms. The molecule has 3 heteroatoms. The molecular formula is C21H27NO2. The SMILES string of the molecule is CCC(Cc1ccc(N)cc1)C(=O)Oc1ccc(C(C)CC)cc1. The zero-order valence-corrected chi connectivity index (χ0v) is 14.8. The van der Waals surface area contributed by atoms with Crippen LogP contribution in [0.15, 0.2) is 48.5 Å². The molecular weight excluding hydrogens is 298 g/mol. The van der Waals surface area contributed by atoms with Crippen molar-refractivity contribution in [1.29, 1.82) is 0 Å². The summed E-state index contributed by atoms with van der Waals surface area (Å²) in [7, 11) is 0. The van der Waals surface area contributed by atoms with Crippen LogP contribution in [-0.2, 0) is 11.2 Å². The summed E-state index contributed by atoms with van der Waals surface area (Å²) in [5.74, 6) is 0.806. The molecule has 2 rings (SSSR count). The van der Waals surface area contributed by atoms with Crippen LogP contribution >= 0.6 is 0 Å². The Bertz CT molecular complexity index is 647. The lowest BCUT2D eigenvalue weighted by Gasteiger charge is -2.15. The lowest BCUT2D eigenvalue weighted by Crippen LogP contribution is -2.22. The fourth-order valence-corrected chi connectivity index (χ4v) is 2.63. The van der Waals surface area contributed by atoms with E-state index in [1.807, 2.05) is 55.5 Å². The second-order valence-corrected chi connectivity index (χ2v) is 6.35. The van der Waals surface area contributed by atoms with E-state index < -0.39 is 0 Å². The van der Waals surface area contributed by atoms with Crippen molar-refractivity contribution < 1.29 is 9.53 Å². The van der Waals surface area contributed by atoms with Gasteiger partial charge in [-0.25, -0.2) is 0 Å². The fraction of sp³-hybridized carbons (Fsp3) is 0.381. The smallest absolute Gasteiger partial charge is 0.314 e. The molecule has 0 spiro atoms. The zero-order chi connectivity index (χ0) is 17.5. The first-order valence-corrected chi connectivity index (χ1v) is 8.69. The van der Waals surface area contributed by atoms with Crippen molar-refractivity contribution in [1.82, 2.24) is 0 Å². The van der Waals surface area contributed by atoms with Crippen LogP contribution in [0.25, 0.3) is 0 Å². The van der Waals surface area contributed by atoms with Crippen LogP contribution in [0.2, 0.25) is 0 Å². The van der Waals surface area contributed by atoms with Gasteiger partial charge in [-0.15, -0.1) is 0 Å². The van der Waals surface area contributed by atoms with Crippen molar-refractivity contribution in [2.75, 3.05) is 5.73 Å². The van der Waals surface area contributed by atoms with E-state index in [4.69, 9.17) is 10.5 Å². The van der Waals surface area contributed by atoms with Crippen molar-refractivity contribution in [3.05, 3.63) is 59.7 Å². The van der Waals surface area contributed by atoms with E-state index in [1.54, 1.807) is 0 Å². The molecule has 0 aliphatic carbocycles. The predicted octanol–water partition coefficient (Wildman–Crippen LogP) is 4.96. The average Bonchev–Trinajstić information content (AvgIpc) is 2.61. The van der Waals surface area contributed by atoms with Gasteiger partial charge in [0.2, 0.25) is 0 Å². The van der Waals surface area contributed by atoms with Crippen LogP contribution in [0.5, 0.6) is 5.75 Å². The molecule has 3 nitrogen and oxygen atoms in total. The fourth-order valence-electron chi connectivity index (χ4n) is 2.63. The van der Waals surface area contributed by atoms with Gasteiger partial charge in [0.1, 0.15) is 5.75 Å². The van der Waals surface area contributed by atoms with Crippen LogP contribution in [0.1, 0.15) is 50.7 Å². The summed E-state index contributed by atoms with van der Waals surface area (Å²) in [6.45, 7) is 6.37. The Morgan fingerprint density at radius 2 is 1.62 bits per heavy atom. The minimum atomic E-state index is -0.175. The average molecular weight is 325 g/mol. The first-order chi connectivity index (χ1) is 11.5. The number of hydrogen-bond donors (Lipinski definition) is 1. The third-order valence-electron chi connectivity index (χ3n) is 4.57. The van der Waals surface area contributed by atoms with E-state index in [-0.39, 0.29) is 11.9 Å². The molecule has 0 fully saturated rings. The number of ether oxygens (including phenoxy) is 1. The van der Waals surface area contributed by atoms with Crippen molar-refractivity contribution in [2.45, 2.75) is 46.0 Å². The summed E-state index contributed by atoms with van der Waals surface area (Å²) < 4.78 is 5.57. The van der Waals surface area contributed by atoms with Gasteiger partial charge in [0, 0.05) is 5.69 Å². The molecule has 0 aliphatic heterocycles. The first kappa shape index (κ1) is 18.1. The van der Waals surface area contributed by atoms with E-state index in [1.165, 1.54) is 5.56 Å². The zero-order valence-electron chi connectivity index (χ0n) is 14.8. The number of benzene rings is 2. The van der Waals surface area contributed by atoms with E-state index >= 15 is 0 Å². The van der Waals surface area contributed by atoms with Gasteiger partial charge in [-0.2, -0.15) is 0 Å². The Morgan fingerprint density at radius 1 is 1.00 bits per heavy atom. The molecule has 0 heterocycles. The number of rotatable bonds is 7. The van der Waals surface area contributed by atoms with Gasteiger partial charge < -0.3 is 10.5 Å². The number of carbonyl (C=O) groups is 1. The summed E-state index contributed by atoms with van der Waals surface area (Å²) in [5, 5.41) is 0.